The van der Waals surface area contributed by atoms with Gasteiger partial charge in [-0.2, -0.15) is 10.4 Å². The number of hydrogen-bond donors (Lipinski definition) is 3. The van der Waals surface area contributed by atoms with Crippen molar-refractivity contribution in [3.8, 4) is 11.8 Å². The van der Waals surface area contributed by atoms with E-state index >= 15 is 0 Å². The molecule has 4 rings (SSSR count). The lowest BCUT2D eigenvalue weighted by molar-refractivity contribution is 0.262. The van der Waals surface area contributed by atoms with Gasteiger partial charge in [0.05, 0.1) is 23.0 Å². The molecule has 2 heterocycles. The number of aromatic nitrogens is 2. The molecule has 0 aliphatic carbocycles. The van der Waals surface area contributed by atoms with Crippen molar-refractivity contribution in [3.05, 3.63) is 70.9 Å². The number of benzene rings is 2. The molecule has 0 fully saturated rings. The molecule has 1 aromatic heterocycles. The SMILES string of the molecule is CCCCc1cc(NC(=O)Nc2cccc(C#N)c2)n(-c2ccc3c(c2)CCNC3)n1. The first-order chi connectivity index (χ1) is 15.2. The van der Waals surface area contributed by atoms with Gasteiger partial charge >= 0.3 is 6.03 Å². The molecule has 0 atom stereocenters. The molecule has 0 spiro atoms. The summed E-state index contributed by atoms with van der Waals surface area (Å²) in [6, 6.07) is 16.8. The van der Waals surface area contributed by atoms with Crippen molar-refractivity contribution in [2.45, 2.75) is 39.2 Å². The van der Waals surface area contributed by atoms with Gasteiger partial charge in [-0.1, -0.05) is 25.5 Å². The van der Waals surface area contributed by atoms with E-state index in [4.69, 9.17) is 10.4 Å². The van der Waals surface area contributed by atoms with E-state index in [1.54, 1.807) is 28.9 Å². The molecular formula is C24H26N6O. The van der Waals surface area contributed by atoms with Crippen LogP contribution >= 0.6 is 0 Å². The number of urea groups is 1. The molecular weight excluding hydrogens is 388 g/mol. The number of rotatable bonds is 6. The third-order valence-corrected chi connectivity index (χ3v) is 5.36. The van der Waals surface area contributed by atoms with Gasteiger partial charge in [-0.15, -0.1) is 0 Å². The number of anilines is 2. The van der Waals surface area contributed by atoms with Crippen LogP contribution in [0.15, 0.2) is 48.5 Å². The van der Waals surface area contributed by atoms with Crippen LogP contribution in [0.5, 0.6) is 0 Å². The van der Waals surface area contributed by atoms with E-state index in [9.17, 15) is 4.79 Å². The van der Waals surface area contributed by atoms with Crippen LogP contribution in [0.3, 0.4) is 0 Å². The maximum absolute atomic E-state index is 12.7. The zero-order valence-electron chi connectivity index (χ0n) is 17.6. The maximum atomic E-state index is 12.7. The fourth-order valence-electron chi connectivity index (χ4n) is 3.74. The molecule has 158 valence electrons. The van der Waals surface area contributed by atoms with Gasteiger partial charge in [-0.25, -0.2) is 9.48 Å². The normalized spacial score (nSPS) is 12.6. The molecule has 7 nitrogen and oxygen atoms in total. The van der Waals surface area contributed by atoms with Crippen molar-refractivity contribution in [2.24, 2.45) is 0 Å². The zero-order chi connectivity index (χ0) is 21.6. The highest BCUT2D eigenvalue weighted by atomic mass is 16.2. The van der Waals surface area contributed by atoms with Gasteiger partial charge in [0.1, 0.15) is 5.82 Å². The summed E-state index contributed by atoms with van der Waals surface area (Å²) in [4.78, 5) is 12.7. The zero-order valence-corrected chi connectivity index (χ0v) is 17.6. The summed E-state index contributed by atoms with van der Waals surface area (Å²) in [5, 5.41) is 22.9. The molecule has 7 heteroatoms. The van der Waals surface area contributed by atoms with E-state index in [1.165, 1.54) is 11.1 Å². The first-order valence-electron chi connectivity index (χ1n) is 10.7. The van der Waals surface area contributed by atoms with Crippen LogP contribution in [0.2, 0.25) is 0 Å². The molecule has 31 heavy (non-hydrogen) atoms. The molecule has 1 aliphatic heterocycles. The number of nitrogens with zero attached hydrogens (tertiary/aromatic N) is 3. The van der Waals surface area contributed by atoms with Gasteiger partial charge in [-0.05, 0) is 67.3 Å². The first kappa shape index (κ1) is 20.6. The molecule has 3 aromatic rings. The Bertz CT molecular complexity index is 1130. The minimum absolute atomic E-state index is 0.375. The average Bonchev–Trinajstić information content (AvgIpc) is 3.19. The molecule has 2 aromatic carbocycles. The number of nitrogens with one attached hydrogen (secondary N) is 3. The van der Waals surface area contributed by atoms with E-state index in [0.29, 0.717) is 17.1 Å². The molecule has 0 unspecified atom stereocenters. The second-order valence-corrected chi connectivity index (χ2v) is 7.69. The maximum Gasteiger partial charge on any atom is 0.324 e. The summed E-state index contributed by atoms with van der Waals surface area (Å²) in [5.74, 6) is 0.619. The van der Waals surface area contributed by atoms with Crippen molar-refractivity contribution in [3.63, 3.8) is 0 Å². The number of aryl methyl sites for hydroxylation is 1. The lowest BCUT2D eigenvalue weighted by Gasteiger charge is -2.18. The van der Waals surface area contributed by atoms with Crippen molar-refractivity contribution in [1.82, 2.24) is 15.1 Å². The summed E-state index contributed by atoms with van der Waals surface area (Å²) in [7, 11) is 0. The topological polar surface area (TPSA) is 94.8 Å². The lowest BCUT2D eigenvalue weighted by atomic mass is 10.0. The monoisotopic (exact) mass is 414 g/mol. The highest BCUT2D eigenvalue weighted by molar-refractivity contribution is 5.99. The Balaban J connectivity index is 1.59. The highest BCUT2D eigenvalue weighted by Crippen LogP contribution is 2.23. The number of nitriles is 1. The van der Waals surface area contributed by atoms with E-state index in [1.807, 2.05) is 12.1 Å². The second-order valence-electron chi connectivity index (χ2n) is 7.69. The Morgan fingerprint density at radius 3 is 2.94 bits per heavy atom. The van der Waals surface area contributed by atoms with Gasteiger partial charge in [-0.3, -0.25) is 5.32 Å². The van der Waals surface area contributed by atoms with Crippen LogP contribution in [-0.4, -0.2) is 22.4 Å². The van der Waals surface area contributed by atoms with Crippen LogP contribution in [-0.2, 0) is 19.4 Å². The fourth-order valence-corrected chi connectivity index (χ4v) is 3.74. The van der Waals surface area contributed by atoms with E-state index < -0.39 is 0 Å². The van der Waals surface area contributed by atoms with Crippen LogP contribution in [0.25, 0.3) is 5.69 Å². The number of unbranched alkanes of at least 4 members (excludes halogenated alkanes) is 1. The predicted molar refractivity (Wildman–Crippen MR) is 121 cm³/mol. The standard InChI is InChI=1S/C24H26N6O/c1-2-3-6-21-14-23(28-24(31)27-20-7-4-5-17(12-20)15-25)30(29-21)22-9-8-19-16-26-11-10-18(19)13-22/h4-5,7-9,12-14,26H,2-3,6,10-11,16H2,1H3,(H2,27,28,31). The predicted octanol–water partition coefficient (Wildman–Crippen LogP) is 4.38. The van der Waals surface area contributed by atoms with E-state index in [-0.39, 0.29) is 6.03 Å². The Hall–Kier alpha value is -3.63. The molecule has 0 radical (unpaired) electrons. The molecule has 3 N–H and O–H groups in total. The summed E-state index contributed by atoms with van der Waals surface area (Å²) >= 11 is 0. The Morgan fingerprint density at radius 1 is 1.19 bits per heavy atom. The van der Waals surface area contributed by atoms with Gasteiger partial charge in [0.25, 0.3) is 0 Å². The second kappa shape index (κ2) is 9.45. The van der Waals surface area contributed by atoms with Crippen molar-refractivity contribution in [2.75, 3.05) is 17.2 Å². The fraction of sp³-hybridized carbons (Fsp3) is 0.292. The van der Waals surface area contributed by atoms with Gasteiger partial charge in [0.15, 0.2) is 0 Å². The van der Waals surface area contributed by atoms with Crippen LogP contribution in [0.1, 0.15) is 42.1 Å². The summed E-state index contributed by atoms with van der Waals surface area (Å²) in [5.41, 5.74) is 5.56. The van der Waals surface area contributed by atoms with Crippen molar-refractivity contribution < 1.29 is 4.79 Å². The number of carbonyl (C=O) groups is 1. The van der Waals surface area contributed by atoms with E-state index in [2.05, 4.69) is 41.1 Å². The third kappa shape index (κ3) is 4.93. The summed E-state index contributed by atoms with van der Waals surface area (Å²) in [6.07, 6.45) is 3.96. The van der Waals surface area contributed by atoms with Crippen molar-refractivity contribution in [1.29, 1.82) is 5.26 Å². The smallest absolute Gasteiger partial charge is 0.312 e. The highest BCUT2D eigenvalue weighted by Gasteiger charge is 2.15. The molecule has 0 bridgehead atoms. The third-order valence-electron chi connectivity index (χ3n) is 5.36. The van der Waals surface area contributed by atoms with E-state index in [0.717, 1.165) is 50.2 Å². The molecule has 2 amide bonds. The van der Waals surface area contributed by atoms with Gasteiger partial charge in [0.2, 0.25) is 0 Å². The largest absolute Gasteiger partial charge is 0.324 e. The Labute approximate surface area is 182 Å². The summed E-state index contributed by atoms with van der Waals surface area (Å²) in [6.45, 7) is 3.99. The minimum Gasteiger partial charge on any atom is -0.312 e. The van der Waals surface area contributed by atoms with Gasteiger partial charge in [0, 0.05) is 18.3 Å². The number of hydrogen-bond acceptors (Lipinski definition) is 4. The lowest BCUT2D eigenvalue weighted by Crippen LogP contribution is -2.24. The molecule has 0 saturated heterocycles. The number of amides is 2. The summed E-state index contributed by atoms with van der Waals surface area (Å²) < 4.78 is 1.80. The Morgan fingerprint density at radius 2 is 2.10 bits per heavy atom. The van der Waals surface area contributed by atoms with Crippen LogP contribution in [0.4, 0.5) is 16.3 Å². The van der Waals surface area contributed by atoms with Crippen LogP contribution in [0, 0.1) is 11.3 Å². The number of carbonyl (C=O) groups excluding carboxylic acids is 1. The molecule has 1 aliphatic rings. The quantitative estimate of drug-likeness (QED) is 0.558. The molecule has 0 saturated carbocycles. The Kier molecular flexibility index (Phi) is 6.29. The van der Waals surface area contributed by atoms with Gasteiger partial charge < -0.3 is 10.6 Å². The van der Waals surface area contributed by atoms with Crippen LogP contribution < -0.4 is 16.0 Å². The minimum atomic E-state index is -0.375. The number of fused-ring (bicyclic) bond motifs is 1. The van der Waals surface area contributed by atoms with Crippen molar-refractivity contribution >= 4 is 17.5 Å². The average molecular weight is 415 g/mol. The first-order valence-corrected chi connectivity index (χ1v) is 10.7.